The number of morpholine rings is 1. The van der Waals surface area contributed by atoms with E-state index in [2.05, 4.69) is 38.9 Å². The number of hydrogen-bond acceptors (Lipinski definition) is 9. The van der Waals surface area contributed by atoms with Gasteiger partial charge >= 0.3 is 0 Å². The number of rotatable bonds is 9. The van der Waals surface area contributed by atoms with Gasteiger partial charge in [0, 0.05) is 30.0 Å². The first-order chi connectivity index (χ1) is 20.9. The number of halogens is 1. The van der Waals surface area contributed by atoms with Crippen molar-refractivity contribution in [1.82, 2.24) is 4.90 Å². The molecule has 0 aromatic heterocycles. The quantitative estimate of drug-likeness (QED) is 0.234. The van der Waals surface area contributed by atoms with Gasteiger partial charge in [0.1, 0.15) is 13.2 Å². The molecular formula is C31H27IN4O6S. The summed E-state index contributed by atoms with van der Waals surface area (Å²) in [4.78, 5) is 41.8. The molecule has 2 heterocycles. The highest BCUT2D eigenvalue weighted by molar-refractivity contribution is 14.1. The minimum Gasteiger partial charge on any atom is -0.493 e. The van der Waals surface area contributed by atoms with Crippen molar-refractivity contribution in [2.75, 3.05) is 50.2 Å². The molecular weight excluding hydrogens is 683 g/mol. The first kappa shape index (κ1) is 30.4. The molecule has 3 aromatic carbocycles. The zero-order valence-corrected chi connectivity index (χ0v) is 26.1. The standard InChI is InChI=1S/C31H27IN4O6S/c1-40-26-15-20(14-25(32)29(26)42-19-22-5-3-2-4-21(22)17-33)16-27-30(38)36(31(39)43-27)18-28(37)34-23-6-8-24(9-7-23)35-10-12-41-13-11-35/h2-9,14-16H,10-13,18-19H2,1H3,(H,34,37)/b27-16+. The topological polar surface area (TPSA) is 121 Å². The number of carbonyl (C=O) groups is 3. The summed E-state index contributed by atoms with van der Waals surface area (Å²) < 4.78 is 17.7. The molecule has 0 unspecified atom stereocenters. The Bertz CT molecular complexity index is 1620. The van der Waals surface area contributed by atoms with Crippen LogP contribution in [0.1, 0.15) is 16.7 Å². The van der Waals surface area contributed by atoms with Gasteiger partial charge in [-0.25, -0.2) is 0 Å². The van der Waals surface area contributed by atoms with Crippen LogP contribution < -0.4 is 19.7 Å². The van der Waals surface area contributed by atoms with Crippen LogP contribution in [0.5, 0.6) is 11.5 Å². The predicted octanol–water partition coefficient (Wildman–Crippen LogP) is 5.26. The molecule has 2 aliphatic rings. The highest BCUT2D eigenvalue weighted by atomic mass is 127. The maximum atomic E-state index is 13.1. The van der Waals surface area contributed by atoms with Crippen molar-refractivity contribution in [3.8, 4) is 17.6 Å². The van der Waals surface area contributed by atoms with Crippen molar-refractivity contribution in [2.24, 2.45) is 0 Å². The number of carbonyl (C=O) groups excluding carboxylic acids is 3. The van der Waals surface area contributed by atoms with Crippen LogP contribution in [0.15, 0.2) is 65.6 Å². The van der Waals surface area contributed by atoms with Crippen LogP contribution in [0.25, 0.3) is 6.08 Å². The SMILES string of the molecule is COc1cc(/C=C2/SC(=O)N(CC(=O)Nc3ccc(N4CCOCC4)cc3)C2=O)cc(I)c1OCc1ccccc1C#N. The van der Waals surface area contributed by atoms with E-state index in [1.54, 1.807) is 42.5 Å². The minimum absolute atomic E-state index is 0.175. The van der Waals surface area contributed by atoms with Crippen molar-refractivity contribution in [3.05, 3.63) is 85.8 Å². The Hall–Kier alpha value is -4.06. The monoisotopic (exact) mass is 710 g/mol. The smallest absolute Gasteiger partial charge is 0.294 e. The van der Waals surface area contributed by atoms with Gasteiger partial charge < -0.3 is 24.4 Å². The number of nitrogens with zero attached hydrogens (tertiary/aromatic N) is 3. The highest BCUT2D eigenvalue weighted by Gasteiger charge is 2.36. The molecule has 0 spiro atoms. The lowest BCUT2D eigenvalue weighted by Gasteiger charge is -2.28. The number of ether oxygens (including phenoxy) is 3. The summed E-state index contributed by atoms with van der Waals surface area (Å²) in [5, 5.41) is 11.6. The fourth-order valence-electron chi connectivity index (χ4n) is 4.58. The van der Waals surface area contributed by atoms with E-state index < -0.39 is 23.6 Å². The van der Waals surface area contributed by atoms with E-state index in [1.165, 1.54) is 7.11 Å². The summed E-state index contributed by atoms with van der Waals surface area (Å²) in [6.45, 7) is 2.74. The lowest BCUT2D eigenvalue weighted by molar-refractivity contribution is -0.127. The van der Waals surface area contributed by atoms with E-state index in [0.717, 1.165) is 44.6 Å². The van der Waals surface area contributed by atoms with Crippen LogP contribution in [-0.2, 0) is 20.9 Å². The summed E-state index contributed by atoms with van der Waals surface area (Å²) in [6, 6.07) is 20.3. The van der Waals surface area contributed by atoms with Crippen molar-refractivity contribution in [2.45, 2.75) is 6.61 Å². The Kier molecular flexibility index (Phi) is 9.86. The Labute approximate surface area is 266 Å². The molecule has 0 aliphatic carbocycles. The summed E-state index contributed by atoms with van der Waals surface area (Å²) in [7, 11) is 1.51. The number of benzene rings is 3. The van der Waals surface area contributed by atoms with E-state index in [4.69, 9.17) is 14.2 Å². The minimum atomic E-state index is -0.546. The molecule has 0 saturated carbocycles. The zero-order valence-electron chi connectivity index (χ0n) is 23.2. The Morgan fingerprint density at radius 3 is 2.60 bits per heavy atom. The van der Waals surface area contributed by atoms with Crippen LogP contribution in [0.3, 0.4) is 0 Å². The zero-order chi connectivity index (χ0) is 30.3. The third-order valence-corrected chi connectivity index (χ3v) is 8.47. The second-order valence-electron chi connectivity index (χ2n) is 9.55. The van der Waals surface area contributed by atoms with Crippen molar-refractivity contribution < 1.29 is 28.6 Å². The Morgan fingerprint density at radius 1 is 1.14 bits per heavy atom. The summed E-state index contributed by atoms with van der Waals surface area (Å²) >= 11 is 2.88. The fraction of sp³-hybridized carbons (Fsp3) is 0.226. The third kappa shape index (κ3) is 7.30. The molecule has 220 valence electrons. The third-order valence-electron chi connectivity index (χ3n) is 6.76. The largest absolute Gasteiger partial charge is 0.493 e. The normalized spacial score (nSPS) is 15.9. The van der Waals surface area contributed by atoms with Gasteiger partial charge in [-0.3, -0.25) is 19.3 Å². The molecule has 3 amide bonds. The molecule has 0 bridgehead atoms. The van der Waals surface area contributed by atoms with Gasteiger partial charge in [0.15, 0.2) is 11.5 Å². The van der Waals surface area contributed by atoms with E-state index >= 15 is 0 Å². The number of imide groups is 1. The van der Waals surface area contributed by atoms with Gasteiger partial charge in [0.05, 0.1) is 40.4 Å². The van der Waals surface area contributed by atoms with Crippen molar-refractivity contribution in [1.29, 1.82) is 5.26 Å². The molecule has 0 radical (unpaired) electrons. The maximum Gasteiger partial charge on any atom is 0.294 e. The lowest BCUT2D eigenvalue weighted by atomic mass is 10.1. The van der Waals surface area contributed by atoms with E-state index in [1.807, 2.05) is 24.3 Å². The molecule has 12 heteroatoms. The van der Waals surface area contributed by atoms with E-state index in [0.29, 0.717) is 41.5 Å². The number of methoxy groups -OCH3 is 1. The lowest BCUT2D eigenvalue weighted by Crippen LogP contribution is -2.36. The van der Waals surface area contributed by atoms with Gasteiger partial charge in [-0.05, 0) is 88.5 Å². The van der Waals surface area contributed by atoms with Crippen molar-refractivity contribution in [3.63, 3.8) is 0 Å². The van der Waals surface area contributed by atoms with Gasteiger partial charge in [0.25, 0.3) is 11.1 Å². The summed E-state index contributed by atoms with van der Waals surface area (Å²) in [5.41, 5.74) is 3.51. The van der Waals surface area contributed by atoms with Crippen LogP contribution in [-0.4, -0.2) is 61.9 Å². The van der Waals surface area contributed by atoms with Crippen LogP contribution in [0.2, 0.25) is 0 Å². The number of hydrogen-bond donors (Lipinski definition) is 1. The molecule has 2 fully saturated rings. The molecule has 43 heavy (non-hydrogen) atoms. The van der Waals surface area contributed by atoms with E-state index in [-0.39, 0.29) is 11.5 Å². The second kappa shape index (κ2) is 13.9. The van der Waals surface area contributed by atoms with E-state index in [9.17, 15) is 19.6 Å². The fourth-order valence-corrected chi connectivity index (χ4v) is 6.20. The molecule has 3 aromatic rings. The van der Waals surface area contributed by atoms with Gasteiger partial charge in [-0.15, -0.1) is 0 Å². The maximum absolute atomic E-state index is 13.1. The van der Waals surface area contributed by atoms with Crippen LogP contribution in [0.4, 0.5) is 16.2 Å². The first-order valence-electron chi connectivity index (χ1n) is 13.3. The number of nitriles is 1. The number of thioether (sulfide) groups is 1. The Morgan fingerprint density at radius 2 is 1.88 bits per heavy atom. The van der Waals surface area contributed by atoms with Gasteiger partial charge in [-0.2, -0.15) is 5.26 Å². The number of nitrogens with one attached hydrogen (secondary N) is 1. The molecule has 5 rings (SSSR count). The van der Waals surface area contributed by atoms with Crippen molar-refractivity contribution >= 4 is 68.9 Å². The summed E-state index contributed by atoms with van der Waals surface area (Å²) in [5.74, 6) is -0.0878. The second-order valence-corrected chi connectivity index (χ2v) is 11.7. The molecule has 10 nitrogen and oxygen atoms in total. The van der Waals surface area contributed by atoms with Crippen LogP contribution in [0, 0.1) is 14.9 Å². The Balaban J connectivity index is 1.23. The predicted molar refractivity (Wildman–Crippen MR) is 172 cm³/mol. The van der Waals surface area contributed by atoms with Crippen LogP contribution >= 0.6 is 34.4 Å². The molecule has 2 saturated heterocycles. The number of anilines is 2. The van der Waals surface area contributed by atoms with Gasteiger partial charge in [0.2, 0.25) is 5.91 Å². The van der Waals surface area contributed by atoms with Gasteiger partial charge in [-0.1, -0.05) is 18.2 Å². The highest BCUT2D eigenvalue weighted by Crippen LogP contribution is 2.38. The molecule has 0 atom stereocenters. The number of amides is 3. The average molecular weight is 711 g/mol. The summed E-state index contributed by atoms with van der Waals surface area (Å²) in [6.07, 6.45) is 1.59. The first-order valence-corrected chi connectivity index (χ1v) is 15.2. The molecule has 2 aliphatic heterocycles. The average Bonchev–Trinajstić information content (AvgIpc) is 3.28. The molecule has 1 N–H and O–H groups in total.